The minimum absolute atomic E-state index is 0.0562. The first-order valence-corrected chi connectivity index (χ1v) is 11.1. The summed E-state index contributed by atoms with van der Waals surface area (Å²) < 4.78 is 71.0. The molecule has 1 aromatic heterocycles. The minimum atomic E-state index is -4.45. The van der Waals surface area contributed by atoms with E-state index in [1.54, 1.807) is 12.1 Å². The molecular weight excluding hydrogens is 429 g/mol. The number of nitrogens with one attached hydrogen (secondary N) is 1. The Morgan fingerprint density at radius 1 is 1.07 bits per heavy atom. The topological polar surface area (TPSA) is 68.3 Å². The highest BCUT2D eigenvalue weighted by atomic mass is 35.5. The number of halogens is 4. The van der Waals surface area contributed by atoms with Crippen molar-refractivity contribution in [3.05, 3.63) is 58.7 Å². The third-order valence-electron chi connectivity index (χ3n) is 4.65. The molecule has 1 N–H and O–H groups in total. The van der Waals surface area contributed by atoms with Gasteiger partial charge in [-0.1, -0.05) is 23.7 Å². The molecule has 1 aliphatic carbocycles. The van der Waals surface area contributed by atoms with Crippen molar-refractivity contribution in [2.24, 2.45) is 0 Å². The van der Waals surface area contributed by atoms with E-state index in [0.717, 1.165) is 12.1 Å². The van der Waals surface area contributed by atoms with E-state index in [1.807, 2.05) is 0 Å². The van der Waals surface area contributed by atoms with Crippen molar-refractivity contribution in [2.45, 2.75) is 49.8 Å². The number of sulfonamides is 1. The molecular formula is C19H20ClF3N2O3S. The maximum atomic E-state index is 12.6. The van der Waals surface area contributed by atoms with Gasteiger partial charge in [0.25, 0.3) is 0 Å². The maximum Gasteiger partial charge on any atom is 0.416 e. The van der Waals surface area contributed by atoms with Crippen LogP contribution in [0.1, 0.15) is 36.8 Å². The van der Waals surface area contributed by atoms with Crippen molar-refractivity contribution < 1.29 is 26.3 Å². The molecule has 2 aromatic rings. The zero-order valence-corrected chi connectivity index (χ0v) is 16.9. The number of aromatic nitrogens is 1. The van der Waals surface area contributed by atoms with Crippen LogP contribution in [0.3, 0.4) is 0 Å². The number of rotatable bonds is 6. The van der Waals surface area contributed by atoms with Crippen LogP contribution in [0.5, 0.6) is 5.88 Å². The number of ether oxygens (including phenoxy) is 1. The molecule has 158 valence electrons. The van der Waals surface area contributed by atoms with E-state index in [0.29, 0.717) is 42.1 Å². The van der Waals surface area contributed by atoms with Crippen molar-refractivity contribution in [2.75, 3.05) is 0 Å². The van der Waals surface area contributed by atoms with Crippen LogP contribution in [-0.4, -0.2) is 25.5 Å². The highest BCUT2D eigenvalue weighted by Gasteiger charge is 2.30. The van der Waals surface area contributed by atoms with Gasteiger partial charge in [-0.2, -0.15) is 13.2 Å². The van der Waals surface area contributed by atoms with Crippen LogP contribution in [0.25, 0.3) is 0 Å². The Balaban J connectivity index is 1.49. The number of hydrogen-bond donors (Lipinski definition) is 1. The average Bonchev–Trinajstić information content (AvgIpc) is 2.64. The van der Waals surface area contributed by atoms with Gasteiger partial charge in [0.2, 0.25) is 15.9 Å². The van der Waals surface area contributed by atoms with Gasteiger partial charge < -0.3 is 4.74 Å². The quantitative estimate of drug-likeness (QED) is 0.703. The van der Waals surface area contributed by atoms with E-state index < -0.39 is 21.8 Å². The van der Waals surface area contributed by atoms with E-state index in [-0.39, 0.29) is 17.9 Å². The summed E-state index contributed by atoms with van der Waals surface area (Å²) in [5.74, 6) is 0.108. The fraction of sp³-hybridized carbons (Fsp3) is 0.421. The van der Waals surface area contributed by atoms with E-state index in [1.165, 1.54) is 18.3 Å². The molecule has 1 fully saturated rings. The predicted octanol–water partition coefficient (Wildman–Crippen LogP) is 4.56. The van der Waals surface area contributed by atoms with Crippen LogP contribution < -0.4 is 9.46 Å². The summed E-state index contributed by atoms with van der Waals surface area (Å²) in [5.41, 5.74) is -0.503. The predicted molar refractivity (Wildman–Crippen MR) is 103 cm³/mol. The zero-order valence-electron chi connectivity index (χ0n) is 15.3. The van der Waals surface area contributed by atoms with Gasteiger partial charge >= 0.3 is 6.18 Å². The first-order valence-electron chi connectivity index (χ1n) is 9.05. The lowest BCUT2D eigenvalue weighted by atomic mass is 9.94. The lowest BCUT2D eigenvalue weighted by molar-refractivity contribution is -0.137. The van der Waals surface area contributed by atoms with Gasteiger partial charge in [0, 0.05) is 18.3 Å². The Morgan fingerprint density at radius 2 is 1.72 bits per heavy atom. The van der Waals surface area contributed by atoms with E-state index >= 15 is 0 Å². The lowest BCUT2D eigenvalue weighted by Crippen LogP contribution is -2.40. The summed E-state index contributed by atoms with van der Waals surface area (Å²) in [5, 5.41) is 0.517. The number of benzene rings is 1. The van der Waals surface area contributed by atoms with Gasteiger partial charge in [-0.15, -0.1) is 0 Å². The minimum Gasteiger partial charge on any atom is -0.474 e. The second-order valence-corrected chi connectivity index (χ2v) is 9.17. The Bertz CT molecular complexity index is 911. The smallest absolute Gasteiger partial charge is 0.416 e. The molecule has 1 aliphatic rings. The summed E-state index contributed by atoms with van der Waals surface area (Å²) >= 11 is 5.79. The van der Waals surface area contributed by atoms with Crippen LogP contribution in [0, 0.1) is 0 Å². The standard InChI is InChI=1S/C19H20ClF3N2O3S/c20-15-5-10-18(24-11-15)28-17-8-6-16(7-9-17)25-29(26,27)12-13-1-3-14(4-2-13)19(21,22)23/h1-5,10-11,16-17,25H,6-9,12H2. The number of hydrogen-bond acceptors (Lipinski definition) is 4. The van der Waals surface area contributed by atoms with Crippen molar-refractivity contribution >= 4 is 21.6 Å². The monoisotopic (exact) mass is 448 g/mol. The number of alkyl halides is 3. The molecule has 0 bridgehead atoms. The molecule has 0 spiro atoms. The summed E-state index contributed by atoms with van der Waals surface area (Å²) in [6.45, 7) is 0. The Hall–Kier alpha value is -1.84. The molecule has 1 saturated carbocycles. The van der Waals surface area contributed by atoms with Gasteiger partial charge in [-0.3, -0.25) is 0 Å². The first-order chi connectivity index (χ1) is 13.6. The molecule has 29 heavy (non-hydrogen) atoms. The third-order valence-corrected chi connectivity index (χ3v) is 6.28. The van der Waals surface area contributed by atoms with Gasteiger partial charge in [0.15, 0.2) is 0 Å². The van der Waals surface area contributed by atoms with Crippen LogP contribution in [0.15, 0.2) is 42.6 Å². The summed E-state index contributed by atoms with van der Waals surface area (Å²) in [6, 6.07) is 7.28. The van der Waals surface area contributed by atoms with Gasteiger partial charge in [-0.05, 0) is 49.4 Å². The SMILES string of the molecule is O=S(=O)(Cc1ccc(C(F)(F)F)cc1)NC1CCC(Oc2ccc(Cl)cn2)CC1. The number of pyridine rings is 1. The molecule has 3 rings (SSSR count). The molecule has 5 nitrogen and oxygen atoms in total. The Morgan fingerprint density at radius 3 is 2.28 bits per heavy atom. The zero-order chi connectivity index (χ0) is 21.1. The lowest BCUT2D eigenvalue weighted by Gasteiger charge is -2.29. The van der Waals surface area contributed by atoms with E-state index in [2.05, 4.69) is 9.71 Å². The third kappa shape index (κ3) is 6.58. The second-order valence-electron chi connectivity index (χ2n) is 6.98. The normalized spacial score (nSPS) is 20.4. The average molecular weight is 449 g/mol. The summed E-state index contributed by atoms with van der Waals surface area (Å²) in [7, 11) is -3.66. The highest BCUT2D eigenvalue weighted by Crippen LogP contribution is 2.29. The molecule has 1 aromatic carbocycles. The van der Waals surface area contributed by atoms with Crippen molar-refractivity contribution in [1.29, 1.82) is 0 Å². The fourth-order valence-electron chi connectivity index (χ4n) is 3.21. The second kappa shape index (κ2) is 8.89. The van der Waals surface area contributed by atoms with Gasteiger partial charge in [-0.25, -0.2) is 18.1 Å². The summed E-state index contributed by atoms with van der Waals surface area (Å²) in [4.78, 5) is 4.08. The van der Waals surface area contributed by atoms with Gasteiger partial charge in [0.05, 0.1) is 16.3 Å². The van der Waals surface area contributed by atoms with Crippen molar-refractivity contribution in [1.82, 2.24) is 9.71 Å². The largest absolute Gasteiger partial charge is 0.474 e. The Labute approximate surface area is 172 Å². The molecule has 1 heterocycles. The molecule has 0 radical (unpaired) electrons. The molecule has 0 unspecified atom stereocenters. The van der Waals surface area contributed by atoms with Crippen LogP contribution >= 0.6 is 11.6 Å². The molecule has 0 amide bonds. The number of nitrogens with zero attached hydrogens (tertiary/aromatic N) is 1. The molecule has 0 saturated heterocycles. The Kier molecular flexibility index (Phi) is 6.70. The molecule has 10 heteroatoms. The summed E-state index contributed by atoms with van der Waals surface area (Å²) in [6.07, 6.45) is -0.473. The molecule has 0 atom stereocenters. The van der Waals surface area contributed by atoms with Gasteiger partial charge in [0.1, 0.15) is 6.10 Å². The fourth-order valence-corrected chi connectivity index (χ4v) is 4.78. The molecule has 0 aliphatic heterocycles. The maximum absolute atomic E-state index is 12.6. The van der Waals surface area contributed by atoms with E-state index in [9.17, 15) is 21.6 Å². The van der Waals surface area contributed by atoms with Crippen molar-refractivity contribution in [3.8, 4) is 5.88 Å². The first kappa shape index (κ1) is 21.9. The van der Waals surface area contributed by atoms with Crippen LogP contribution in [0.2, 0.25) is 5.02 Å². The van der Waals surface area contributed by atoms with Crippen LogP contribution in [0.4, 0.5) is 13.2 Å². The van der Waals surface area contributed by atoms with Crippen LogP contribution in [-0.2, 0) is 22.0 Å². The highest BCUT2D eigenvalue weighted by molar-refractivity contribution is 7.88. The van der Waals surface area contributed by atoms with Crippen molar-refractivity contribution in [3.63, 3.8) is 0 Å². The van der Waals surface area contributed by atoms with E-state index in [4.69, 9.17) is 16.3 Å².